The van der Waals surface area contributed by atoms with Crippen molar-refractivity contribution < 1.29 is 4.74 Å². The van der Waals surface area contributed by atoms with Crippen molar-refractivity contribution >= 4 is 17.3 Å². The van der Waals surface area contributed by atoms with Crippen molar-refractivity contribution in [1.82, 2.24) is 10.6 Å². The molecule has 0 saturated heterocycles. The Morgan fingerprint density at radius 1 is 1.00 bits per heavy atom. The predicted octanol–water partition coefficient (Wildman–Crippen LogP) is 4.19. The zero-order valence-electron chi connectivity index (χ0n) is 14.3. The molecule has 0 aliphatic rings. The Morgan fingerprint density at radius 3 is 2.39 bits per heavy atom. The van der Waals surface area contributed by atoms with E-state index in [1.807, 2.05) is 38.1 Å². The van der Waals surface area contributed by atoms with Crippen molar-refractivity contribution in [2.45, 2.75) is 33.9 Å². The first-order valence-electron chi connectivity index (χ1n) is 7.88. The summed E-state index contributed by atoms with van der Waals surface area (Å²) < 4.78 is 5.32. The van der Waals surface area contributed by atoms with E-state index in [4.69, 9.17) is 17.0 Å². The highest BCUT2D eigenvalue weighted by atomic mass is 32.1. The summed E-state index contributed by atoms with van der Waals surface area (Å²) in [6.45, 7) is 7.45. The van der Waals surface area contributed by atoms with E-state index in [-0.39, 0.29) is 0 Å². The molecule has 2 N–H and O–H groups in total. The highest BCUT2D eigenvalue weighted by molar-refractivity contribution is 7.80. The molecule has 124 valence electrons. The largest absolute Gasteiger partial charge is 0.496 e. The Kier molecular flexibility index (Phi) is 8.76. The molecule has 0 aliphatic heterocycles. The van der Waals surface area contributed by atoms with E-state index < -0.39 is 0 Å². The number of nitrogens with one attached hydrogen (secondary N) is 2. The van der Waals surface area contributed by atoms with Crippen LogP contribution >= 0.6 is 12.2 Å². The summed E-state index contributed by atoms with van der Waals surface area (Å²) in [5.74, 6) is 0.867. The van der Waals surface area contributed by atoms with Gasteiger partial charge < -0.3 is 15.4 Å². The quantitative estimate of drug-likeness (QED) is 0.805. The summed E-state index contributed by atoms with van der Waals surface area (Å²) in [6, 6.07) is 16.3. The maximum Gasteiger partial charge on any atom is 0.166 e. The van der Waals surface area contributed by atoms with Gasteiger partial charge in [-0.1, -0.05) is 61.9 Å². The molecule has 4 heteroatoms. The molecule has 0 heterocycles. The maximum absolute atomic E-state index is 5.32. The molecule has 0 atom stereocenters. The lowest BCUT2D eigenvalue weighted by atomic mass is 10.1. The van der Waals surface area contributed by atoms with Gasteiger partial charge in [0.1, 0.15) is 5.75 Å². The van der Waals surface area contributed by atoms with Crippen LogP contribution in [0.1, 0.15) is 30.5 Å². The molecule has 3 nitrogen and oxygen atoms in total. The number of benzene rings is 2. The fourth-order valence-corrected chi connectivity index (χ4v) is 2.24. The van der Waals surface area contributed by atoms with Crippen LogP contribution in [0.5, 0.6) is 5.75 Å². The van der Waals surface area contributed by atoms with Crippen molar-refractivity contribution in [3.05, 3.63) is 65.2 Å². The molecule has 0 saturated carbocycles. The highest BCUT2D eigenvalue weighted by Crippen LogP contribution is 2.16. The van der Waals surface area contributed by atoms with Crippen LogP contribution in [0.2, 0.25) is 0 Å². The molecule has 0 spiro atoms. The molecule has 0 bridgehead atoms. The van der Waals surface area contributed by atoms with Crippen molar-refractivity contribution in [2.24, 2.45) is 0 Å². The van der Waals surface area contributed by atoms with E-state index in [9.17, 15) is 0 Å². The summed E-state index contributed by atoms with van der Waals surface area (Å²) in [5, 5.41) is 7.05. The molecule has 2 rings (SSSR count). The highest BCUT2D eigenvalue weighted by Gasteiger charge is 2.02. The molecule has 23 heavy (non-hydrogen) atoms. The molecule has 0 aliphatic carbocycles. The topological polar surface area (TPSA) is 33.3 Å². The van der Waals surface area contributed by atoms with E-state index in [1.165, 1.54) is 11.1 Å². The molecule has 2 aromatic carbocycles. The third-order valence-corrected chi connectivity index (χ3v) is 3.46. The van der Waals surface area contributed by atoms with Gasteiger partial charge in [0, 0.05) is 18.7 Å². The van der Waals surface area contributed by atoms with Gasteiger partial charge in [0.2, 0.25) is 0 Å². The van der Waals surface area contributed by atoms with E-state index in [1.54, 1.807) is 7.11 Å². The van der Waals surface area contributed by atoms with Crippen molar-refractivity contribution in [2.75, 3.05) is 7.11 Å². The average molecular weight is 330 g/mol. The first-order valence-corrected chi connectivity index (χ1v) is 8.29. The fourth-order valence-electron chi connectivity index (χ4n) is 2.09. The normalized spacial score (nSPS) is 9.39. The number of para-hydroxylation sites is 1. The van der Waals surface area contributed by atoms with Crippen LogP contribution in [0.4, 0.5) is 0 Å². The summed E-state index contributed by atoms with van der Waals surface area (Å²) in [5.41, 5.74) is 3.55. The Bertz CT molecular complexity index is 614. The van der Waals surface area contributed by atoms with Crippen molar-refractivity contribution in [1.29, 1.82) is 0 Å². The van der Waals surface area contributed by atoms with Crippen molar-refractivity contribution in [3.8, 4) is 5.75 Å². The third-order valence-electron chi connectivity index (χ3n) is 3.17. The number of rotatable bonds is 5. The summed E-state index contributed by atoms with van der Waals surface area (Å²) in [4.78, 5) is 0. The Morgan fingerprint density at radius 2 is 1.70 bits per heavy atom. The van der Waals surface area contributed by atoms with Crippen LogP contribution in [-0.2, 0) is 13.1 Å². The molecular formula is C19H26N2OS. The third kappa shape index (κ3) is 6.70. The Hall–Kier alpha value is -2.07. The average Bonchev–Trinajstić information content (AvgIpc) is 2.60. The Labute approximate surface area is 145 Å². The number of aryl methyl sites for hydroxylation is 1. The van der Waals surface area contributed by atoms with Gasteiger partial charge in [-0.25, -0.2) is 0 Å². The van der Waals surface area contributed by atoms with E-state index in [0.717, 1.165) is 17.9 Å². The number of hydrogen-bond donors (Lipinski definition) is 2. The lowest BCUT2D eigenvalue weighted by molar-refractivity contribution is 0.409. The first-order chi connectivity index (χ1) is 11.2. The fraction of sp³-hybridized carbons (Fsp3) is 0.316. The molecule has 0 amide bonds. The van der Waals surface area contributed by atoms with Gasteiger partial charge in [0.15, 0.2) is 5.11 Å². The standard InChI is InChI=1S/C17H20N2OS.C2H6/c1-13-6-5-7-14(10-13)11-18-17(21)19-12-15-8-3-4-9-16(15)20-2;1-2/h3-10H,11-12H2,1-2H3,(H2,18,19,21);1-2H3. The molecule has 0 unspecified atom stereocenters. The summed E-state index contributed by atoms with van der Waals surface area (Å²) in [7, 11) is 1.67. The second-order valence-electron chi connectivity index (χ2n) is 4.84. The molecule has 0 radical (unpaired) electrons. The van der Waals surface area contributed by atoms with E-state index >= 15 is 0 Å². The van der Waals surface area contributed by atoms with Gasteiger partial charge in [-0.3, -0.25) is 0 Å². The van der Waals surface area contributed by atoms with Gasteiger partial charge in [0.05, 0.1) is 7.11 Å². The van der Waals surface area contributed by atoms with Gasteiger partial charge in [-0.15, -0.1) is 0 Å². The summed E-state index contributed by atoms with van der Waals surface area (Å²) >= 11 is 5.30. The molecule has 2 aromatic rings. The van der Waals surface area contributed by atoms with Crippen LogP contribution in [0.25, 0.3) is 0 Å². The maximum atomic E-state index is 5.32. The van der Waals surface area contributed by atoms with Crippen LogP contribution in [0.3, 0.4) is 0 Å². The second kappa shape index (κ2) is 10.6. The van der Waals surface area contributed by atoms with Crippen molar-refractivity contribution in [3.63, 3.8) is 0 Å². The van der Waals surface area contributed by atoms with Crippen LogP contribution in [-0.4, -0.2) is 12.2 Å². The lowest BCUT2D eigenvalue weighted by Crippen LogP contribution is -2.34. The van der Waals surface area contributed by atoms with Gasteiger partial charge in [-0.2, -0.15) is 0 Å². The molecular weight excluding hydrogens is 304 g/mol. The SMILES string of the molecule is CC.COc1ccccc1CNC(=S)NCc1cccc(C)c1. The zero-order valence-corrected chi connectivity index (χ0v) is 15.2. The van der Waals surface area contributed by atoms with E-state index in [2.05, 4.69) is 41.8 Å². The van der Waals surface area contributed by atoms with Crippen LogP contribution < -0.4 is 15.4 Å². The lowest BCUT2D eigenvalue weighted by Gasteiger charge is -2.13. The van der Waals surface area contributed by atoms with Crippen LogP contribution in [0, 0.1) is 6.92 Å². The number of ether oxygens (including phenoxy) is 1. The first kappa shape index (κ1) is 19.0. The van der Waals surface area contributed by atoms with Gasteiger partial charge >= 0.3 is 0 Å². The van der Waals surface area contributed by atoms with Gasteiger partial charge in [-0.05, 0) is 30.8 Å². The Balaban J connectivity index is 0.00000127. The number of thiocarbonyl (C=S) groups is 1. The summed E-state index contributed by atoms with van der Waals surface area (Å²) in [6.07, 6.45) is 0. The zero-order chi connectivity index (χ0) is 17.1. The monoisotopic (exact) mass is 330 g/mol. The number of methoxy groups -OCH3 is 1. The molecule has 0 aromatic heterocycles. The van der Waals surface area contributed by atoms with E-state index in [0.29, 0.717) is 11.7 Å². The minimum Gasteiger partial charge on any atom is -0.496 e. The molecule has 0 fully saturated rings. The minimum atomic E-state index is 0.641. The van der Waals surface area contributed by atoms with Crippen LogP contribution in [0.15, 0.2) is 48.5 Å². The predicted molar refractivity (Wildman–Crippen MR) is 102 cm³/mol. The number of hydrogen-bond acceptors (Lipinski definition) is 2. The van der Waals surface area contributed by atoms with Gasteiger partial charge in [0.25, 0.3) is 0 Å². The smallest absolute Gasteiger partial charge is 0.166 e. The minimum absolute atomic E-state index is 0.641. The second-order valence-corrected chi connectivity index (χ2v) is 5.25.